The molecule has 2 aliphatic rings. The van der Waals surface area contributed by atoms with Gasteiger partial charge in [-0.15, -0.1) is 0 Å². The molecule has 1 saturated carbocycles. The van der Waals surface area contributed by atoms with Crippen LogP contribution in [0.3, 0.4) is 0 Å². The first-order valence-electron chi connectivity index (χ1n) is 7.30. The Morgan fingerprint density at radius 2 is 1.95 bits per heavy atom. The average Bonchev–Trinajstić information content (AvgIpc) is 3.25. The van der Waals surface area contributed by atoms with Crippen molar-refractivity contribution >= 4 is 27.3 Å². The highest BCUT2D eigenvalue weighted by Gasteiger charge is 2.31. The first kappa shape index (κ1) is 12.6. The number of likely N-dealkylation sites (tertiary alicyclic amines) is 1. The number of piperidine rings is 1. The van der Waals surface area contributed by atoms with Crippen molar-refractivity contribution in [1.29, 1.82) is 0 Å². The Kier molecular flexibility index (Phi) is 3.15. The molecule has 1 aliphatic carbocycles. The number of anilines is 1. The summed E-state index contributed by atoms with van der Waals surface area (Å²) in [6.07, 6.45) is 6.83. The maximum absolute atomic E-state index is 4.40. The van der Waals surface area contributed by atoms with E-state index >= 15 is 0 Å². The van der Waals surface area contributed by atoms with Crippen molar-refractivity contribution in [2.45, 2.75) is 37.8 Å². The summed E-state index contributed by atoms with van der Waals surface area (Å²) >= 11 is 3.50. The SMILES string of the molecule is Brc1ccc2c(NC3CCN(C4CC4)CC3)ncnn12. The van der Waals surface area contributed by atoms with Crippen LogP contribution in [-0.4, -0.2) is 44.7 Å². The second-order valence-corrected chi connectivity index (χ2v) is 6.56. The van der Waals surface area contributed by atoms with E-state index in [9.17, 15) is 0 Å². The van der Waals surface area contributed by atoms with E-state index in [1.54, 1.807) is 6.33 Å². The Morgan fingerprint density at radius 3 is 2.70 bits per heavy atom. The maximum atomic E-state index is 4.40. The predicted molar refractivity (Wildman–Crippen MR) is 81.9 cm³/mol. The number of aromatic nitrogens is 3. The minimum Gasteiger partial charge on any atom is -0.365 e. The fourth-order valence-corrected chi connectivity index (χ4v) is 3.47. The van der Waals surface area contributed by atoms with Crippen LogP contribution in [0.4, 0.5) is 5.82 Å². The molecule has 0 spiro atoms. The number of nitrogens with zero attached hydrogens (tertiary/aromatic N) is 4. The Bertz CT molecular complexity index is 613. The van der Waals surface area contributed by atoms with Gasteiger partial charge in [0.2, 0.25) is 0 Å². The molecule has 6 heteroatoms. The van der Waals surface area contributed by atoms with Crippen LogP contribution < -0.4 is 5.32 Å². The van der Waals surface area contributed by atoms with Crippen LogP contribution in [0.15, 0.2) is 23.1 Å². The first-order valence-corrected chi connectivity index (χ1v) is 8.09. The summed E-state index contributed by atoms with van der Waals surface area (Å²) in [5, 5.41) is 7.85. The average molecular weight is 336 g/mol. The van der Waals surface area contributed by atoms with E-state index < -0.39 is 0 Å². The molecule has 0 unspecified atom stereocenters. The second kappa shape index (κ2) is 5.00. The largest absolute Gasteiger partial charge is 0.365 e. The molecule has 3 heterocycles. The lowest BCUT2D eigenvalue weighted by molar-refractivity contribution is 0.210. The molecule has 1 saturated heterocycles. The van der Waals surface area contributed by atoms with E-state index in [0.717, 1.165) is 22.0 Å². The highest BCUT2D eigenvalue weighted by molar-refractivity contribution is 9.10. The van der Waals surface area contributed by atoms with Gasteiger partial charge in [0.1, 0.15) is 16.4 Å². The fraction of sp³-hybridized carbons (Fsp3) is 0.571. The van der Waals surface area contributed by atoms with Gasteiger partial charge >= 0.3 is 0 Å². The van der Waals surface area contributed by atoms with E-state index in [2.05, 4.69) is 36.2 Å². The maximum Gasteiger partial charge on any atom is 0.154 e. The van der Waals surface area contributed by atoms with Crippen LogP contribution in [0, 0.1) is 0 Å². The van der Waals surface area contributed by atoms with Gasteiger partial charge in [0.15, 0.2) is 5.82 Å². The van der Waals surface area contributed by atoms with E-state index in [4.69, 9.17) is 0 Å². The minimum absolute atomic E-state index is 0.525. The van der Waals surface area contributed by atoms with E-state index in [1.807, 2.05) is 16.6 Å². The molecule has 106 valence electrons. The summed E-state index contributed by atoms with van der Waals surface area (Å²) in [5.74, 6) is 0.940. The predicted octanol–water partition coefficient (Wildman–Crippen LogP) is 2.53. The number of hydrogen-bond donors (Lipinski definition) is 1. The molecule has 0 radical (unpaired) electrons. The van der Waals surface area contributed by atoms with Crippen LogP contribution in [0.25, 0.3) is 5.52 Å². The van der Waals surface area contributed by atoms with Gasteiger partial charge in [0.05, 0.1) is 0 Å². The summed E-state index contributed by atoms with van der Waals surface area (Å²) in [7, 11) is 0. The monoisotopic (exact) mass is 335 g/mol. The molecule has 0 atom stereocenters. The highest BCUT2D eigenvalue weighted by atomic mass is 79.9. The molecule has 1 N–H and O–H groups in total. The minimum atomic E-state index is 0.525. The summed E-state index contributed by atoms with van der Waals surface area (Å²) in [5.41, 5.74) is 1.03. The number of hydrogen-bond acceptors (Lipinski definition) is 4. The molecule has 2 fully saturated rings. The Labute approximate surface area is 126 Å². The zero-order chi connectivity index (χ0) is 13.5. The normalized spacial score (nSPS) is 21.4. The third kappa shape index (κ3) is 2.31. The van der Waals surface area contributed by atoms with Gasteiger partial charge in [-0.25, -0.2) is 9.50 Å². The lowest BCUT2D eigenvalue weighted by atomic mass is 10.0. The van der Waals surface area contributed by atoms with Crippen LogP contribution in [0.1, 0.15) is 25.7 Å². The van der Waals surface area contributed by atoms with E-state index in [1.165, 1.54) is 38.8 Å². The molecule has 20 heavy (non-hydrogen) atoms. The summed E-state index contributed by atoms with van der Waals surface area (Å²) < 4.78 is 2.83. The zero-order valence-corrected chi connectivity index (χ0v) is 12.9. The summed E-state index contributed by atoms with van der Waals surface area (Å²) in [6.45, 7) is 2.43. The molecular weight excluding hydrogens is 318 g/mol. The molecule has 5 nitrogen and oxygen atoms in total. The lowest BCUT2D eigenvalue weighted by Gasteiger charge is -2.32. The van der Waals surface area contributed by atoms with Crippen LogP contribution in [0.2, 0.25) is 0 Å². The smallest absolute Gasteiger partial charge is 0.154 e. The molecule has 2 aromatic heterocycles. The third-order valence-corrected chi connectivity index (χ3v) is 4.94. The van der Waals surface area contributed by atoms with Gasteiger partial charge in [0, 0.05) is 25.2 Å². The lowest BCUT2D eigenvalue weighted by Crippen LogP contribution is -2.40. The number of nitrogens with one attached hydrogen (secondary N) is 1. The van der Waals surface area contributed by atoms with Crippen molar-refractivity contribution in [1.82, 2.24) is 19.5 Å². The molecule has 1 aliphatic heterocycles. The van der Waals surface area contributed by atoms with Crippen LogP contribution in [-0.2, 0) is 0 Å². The molecule has 0 bridgehead atoms. The van der Waals surface area contributed by atoms with Crippen LogP contribution in [0.5, 0.6) is 0 Å². The van der Waals surface area contributed by atoms with Crippen molar-refractivity contribution in [3.8, 4) is 0 Å². The molecule has 2 aromatic rings. The van der Waals surface area contributed by atoms with Crippen molar-refractivity contribution < 1.29 is 0 Å². The van der Waals surface area contributed by atoms with E-state index in [0.29, 0.717) is 6.04 Å². The molecule has 4 rings (SSSR count). The Hall–Kier alpha value is -1.14. The van der Waals surface area contributed by atoms with Crippen molar-refractivity contribution in [3.05, 3.63) is 23.1 Å². The first-order chi connectivity index (χ1) is 9.81. The Morgan fingerprint density at radius 1 is 1.15 bits per heavy atom. The second-order valence-electron chi connectivity index (χ2n) is 5.75. The van der Waals surface area contributed by atoms with Gasteiger partial charge in [-0.1, -0.05) is 0 Å². The number of fused-ring (bicyclic) bond motifs is 1. The van der Waals surface area contributed by atoms with Crippen LogP contribution >= 0.6 is 15.9 Å². The summed E-state index contributed by atoms with van der Waals surface area (Å²) in [4.78, 5) is 7.04. The van der Waals surface area contributed by atoms with Crippen molar-refractivity contribution in [2.75, 3.05) is 18.4 Å². The van der Waals surface area contributed by atoms with Crippen molar-refractivity contribution in [2.24, 2.45) is 0 Å². The summed E-state index contributed by atoms with van der Waals surface area (Å²) in [6, 6.07) is 5.47. The zero-order valence-electron chi connectivity index (χ0n) is 11.3. The van der Waals surface area contributed by atoms with E-state index in [-0.39, 0.29) is 0 Å². The van der Waals surface area contributed by atoms with Gasteiger partial charge in [-0.2, -0.15) is 5.10 Å². The molecule has 0 amide bonds. The molecular formula is C14H18BrN5. The fourth-order valence-electron chi connectivity index (χ4n) is 3.06. The van der Waals surface area contributed by atoms with Gasteiger partial charge < -0.3 is 10.2 Å². The standard InChI is InChI=1S/C14H18BrN5/c15-13-4-3-12-14(16-9-17-20(12)13)18-10-5-7-19(8-6-10)11-1-2-11/h3-4,9-11H,1-2,5-8H2,(H,16,17,18). The van der Waals surface area contributed by atoms with Crippen molar-refractivity contribution in [3.63, 3.8) is 0 Å². The third-order valence-electron chi connectivity index (χ3n) is 4.34. The quantitative estimate of drug-likeness (QED) is 0.936. The highest BCUT2D eigenvalue weighted by Crippen LogP contribution is 2.30. The molecule has 0 aromatic carbocycles. The topological polar surface area (TPSA) is 45.5 Å². The number of halogens is 1. The van der Waals surface area contributed by atoms with Gasteiger partial charge in [-0.3, -0.25) is 0 Å². The van der Waals surface area contributed by atoms with Gasteiger partial charge in [0.25, 0.3) is 0 Å². The Balaban J connectivity index is 1.47. The van der Waals surface area contributed by atoms with Gasteiger partial charge in [-0.05, 0) is 53.7 Å². The number of rotatable bonds is 3.